The van der Waals surface area contributed by atoms with Crippen LogP contribution < -0.4 is 0 Å². The van der Waals surface area contributed by atoms with Gasteiger partial charge >= 0.3 is 0 Å². The van der Waals surface area contributed by atoms with Crippen LogP contribution in [0.15, 0.2) is 23.3 Å². The zero-order valence-electron chi connectivity index (χ0n) is 20.4. The Balaban J connectivity index is 1.24. The number of hydrogen-bond donors (Lipinski definition) is 0. The van der Waals surface area contributed by atoms with E-state index in [2.05, 4.69) is 46.8 Å². The van der Waals surface area contributed by atoms with Gasteiger partial charge in [-0.1, -0.05) is 64.3 Å². The van der Waals surface area contributed by atoms with Gasteiger partial charge in [-0.25, -0.2) is 0 Å². The van der Waals surface area contributed by atoms with Crippen LogP contribution in [0.4, 0.5) is 0 Å². The van der Waals surface area contributed by atoms with Gasteiger partial charge in [-0.3, -0.25) is 0 Å². The monoisotopic (exact) mass is 406 g/mol. The first-order valence-corrected chi connectivity index (χ1v) is 13.8. The second-order valence-corrected chi connectivity index (χ2v) is 13.4. The molecule has 0 bridgehead atoms. The summed E-state index contributed by atoms with van der Waals surface area (Å²) in [4.78, 5) is 0. The van der Waals surface area contributed by atoms with E-state index >= 15 is 0 Å². The highest BCUT2D eigenvalue weighted by Gasteiger charge is 2.75. The molecule has 0 radical (unpaired) electrons. The van der Waals surface area contributed by atoms with Crippen LogP contribution in [0.25, 0.3) is 0 Å². The molecule has 0 aromatic heterocycles. The van der Waals surface area contributed by atoms with Gasteiger partial charge in [0, 0.05) is 0 Å². The second-order valence-electron chi connectivity index (χ2n) is 13.4. The minimum absolute atomic E-state index is 0.613. The third-order valence-electron chi connectivity index (χ3n) is 11.8. The SMILES string of the molecule is C[C@@H]1CC2=C(C[C@@H]3[C@H]2[C@]32CCC[C@]3(C)[C@@H]([C@H](C)/C=C/[C@@H](C)C4CC4)CC[C@H]32)[C@@H](C)C1. The van der Waals surface area contributed by atoms with Crippen LogP contribution in [0, 0.1) is 64.1 Å². The quantitative estimate of drug-likeness (QED) is 0.411. The van der Waals surface area contributed by atoms with Crippen LogP contribution in [0.1, 0.15) is 98.8 Å². The molecule has 0 heterocycles. The second kappa shape index (κ2) is 6.74. The zero-order valence-corrected chi connectivity index (χ0v) is 20.4. The maximum Gasteiger partial charge on any atom is -0.0101 e. The number of rotatable bonds is 4. The molecule has 0 saturated heterocycles. The van der Waals surface area contributed by atoms with Crippen LogP contribution in [0.2, 0.25) is 0 Å². The first-order valence-electron chi connectivity index (χ1n) is 13.8. The summed E-state index contributed by atoms with van der Waals surface area (Å²) in [7, 11) is 0. The average Bonchev–Trinajstić information content (AvgIpc) is 3.56. The maximum atomic E-state index is 2.75. The molecule has 10 atom stereocenters. The lowest BCUT2D eigenvalue weighted by Gasteiger charge is -2.49. The highest BCUT2D eigenvalue weighted by atomic mass is 14.8. The maximum absolute atomic E-state index is 2.75. The van der Waals surface area contributed by atoms with Crippen molar-refractivity contribution in [2.24, 2.45) is 64.1 Å². The van der Waals surface area contributed by atoms with Crippen molar-refractivity contribution in [2.75, 3.05) is 0 Å². The smallest absolute Gasteiger partial charge is 0.0101 e. The molecule has 6 rings (SSSR count). The van der Waals surface area contributed by atoms with Gasteiger partial charge < -0.3 is 0 Å². The summed E-state index contributed by atoms with van der Waals surface area (Å²) in [6.07, 6.45) is 20.3. The van der Waals surface area contributed by atoms with E-state index in [1.165, 1.54) is 57.8 Å². The van der Waals surface area contributed by atoms with Crippen molar-refractivity contribution in [1.82, 2.24) is 0 Å². The highest BCUT2D eigenvalue weighted by molar-refractivity contribution is 5.42. The van der Waals surface area contributed by atoms with Crippen LogP contribution in [-0.2, 0) is 0 Å². The molecule has 30 heavy (non-hydrogen) atoms. The topological polar surface area (TPSA) is 0 Å². The van der Waals surface area contributed by atoms with E-state index in [9.17, 15) is 0 Å². The molecule has 0 aromatic carbocycles. The summed E-state index contributed by atoms with van der Waals surface area (Å²) in [6.45, 7) is 12.8. The standard InChI is InChI=1S/C30H46/c1-18-15-21(4)23-17-26-28(24(23)16-18)30(26)14-6-13-29(5)25(11-12-27(29)30)20(3)8-7-19(2)22-9-10-22/h7-8,18-22,25-28H,6,9-17H2,1-5H3/b8-7+/t18-,19+,20+,21-,25+,26+,27+,28-,29+,30+/m0/s1. The minimum atomic E-state index is 0.613. The van der Waals surface area contributed by atoms with Crippen LogP contribution in [-0.4, -0.2) is 0 Å². The van der Waals surface area contributed by atoms with Crippen molar-refractivity contribution >= 4 is 0 Å². The van der Waals surface area contributed by atoms with Gasteiger partial charge in [0.2, 0.25) is 0 Å². The Morgan fingerprint density at radius 3 is 2.43 bits per heavy atom. The summed E-state index contributed by atoms with van der Waals surface area (Å²) < 4.78 is 0. The predicted molar refractivity (Wildman–Crippen MR) is 127 cm³/mol. The zero-order chi connectivity index (χ0) is 20.8. The van der Waals surface area contributed by atoms with Crippen LogP contribution >= 0.6 is 0 Å². The first-order chi connectivity index (χ1) is 14.4. The van der Waals surface area contributed by atoms with Crippen LogP contribution in [0.5, 0.6) is 0 Å². The van der Waals surface area contributed by atoms with Crippen molar-refractivity contribution < 1.29 is 0 Å². The van der Waals surface area contributed by atoms with Gasteiger partial charge in [0.05, 0.1) is 0 Å². The molecule has 0 N–H and O–H groups in total. The number of allylic oxidation sites excluding steroid dienone is 4. The van der Waals surface area contributed by atoms with Gasteiger partial charge in [-0.05, 0) is 122 Å². The average molecular weight is 407 g/mol. The van der Waals surface area contributed by atoms with E-state index in [1.807, 2.05) is 11.1 Å². The van der Waals surface area contributed by atoms with E-state index in [0.717, 1.165) is 58.7 Å². The third-order valence-corrected chi connectivity index (χ3v) is 11.8. The molecule has 0 aliphatic heterocycles. The molecule has 1 spiro atoms. The Morgan fingerprint density at radius 1 is 0.900 bits per heavy atom. The molecular formula is C30H46. The largest absolute Gasteiger partial charge is 0.0851 e. The number of hydrogen-bond acceptors (Lipinski definition) is 0. The van der Waals surface area contributed by atoms with Gasteiger partial charge in [0.15, 0.2) is 0 Å². The van der Waals surface area contributed by atoms with Crippen molar-refractivity contribution in [3.8, 4) is 0 Å². The molecule has 6 aliphatic carbocycles. The van der Waals surface area contributed by atoms with Gasteiger partial charge in [-0.15, -0.1) is 0 Å². The van der Waals surface area contributed by atoms with Crippen LogP contribution in [0.3, 0.4) is 0 Å². The van der Waals surface area contributed by atoms with Gasteiger partial charge in [-0.2, -0.15) is 0 Å². The molecule has 6 aliphatic rings. The van der Waals surface area contributed by atoms with Gasteiger partial charge in [0.1, 0.15) is 0 Å². The molecule has 0 amide bonds. The minimum Gasteiger partial charge on any atom is -0.0851 e. The fraction of sp³-hybridized carbons (Fsp3) is 0.867. The van der Waals surface area contributed by atoms with E-state index in [1.54, 1.807) is 6.42 Å². The molecule has 4 saturated carbocycles. The van der Waals surface area contributed by atoms with Crippen molar-refractivity contribution in [3.63, 3.8) is 0 Å². The van der Waals surface area contributed by atoms with E-state index in [4.69, 9.17) is 0 Å². The molecular weight excluding hydrogens is 360 g/mol. The van der Waals surface area contributed by atoms with Crippen molar-refractivity contribution in [1.29, 1.82) is 0 Å². The Kier molecular flexibility index (Phi) is 4.52. The highest BCUT2D eigenvalue weighted by Crippen LogP contribution is 2.82. The summed E-state index contributed by atoms with van der Waals surface area (Å²) in [5.41, 5.74) is 5.30. The molecule has 0 heteroatoms. The third kappa shape index (κ3) is 2.70. The summed E-state index contributed by atoms with van der Waals surface area (Å²) >= 11 is 0. The lowest BCUT2D eigenvalue weighted by molar-refractivity contribution is 0.0119. The Bertz CT molecular complexity index is 767. The number of fused-ring (bicyclic) bond motifs is 6. The summed E-state index contributed by atoms with van der Waals surface area (Å²) in [5.74, 6) is 8.45. The summed E-state index contributed by atoms with van der Waals surface area (Å²) in [5, 5.41) is 0. The molecule has 0 nitrogen and oxygen atoms in total. The van der Waals surface area contributed by atoms with E-state index in [-0.39, 0.29) is 0 Å². The molecule has 0 unspecified atom stereocenters. The lowest BCUT2D eigenvalue weighted by Crippen LogP contribution is -2.42. The molecule has 0 aromatic rings. The predicted octanol–water partition coefficient (Wildman–Crippen LogP) is 8.44. The summed E-state index contributed by atoms with van der Waals surface area (Å²) in [6, 6.07) is 0. The first kappa shape index (κ1) is 20.1. The Hall–Kier alpha value is -0.520. The molecule has 166 valence electrons. The Labute approximate surface area is 186 Å². The van der Waals surface area contributed by atoms with Gasteiger partial charge in [0.25, 0.3) is 0 Å². The van der Waals surface area contributed by atoms with E-state index in [0.29, 0.717) is 5.41 Å². The fourth-order valence-electron chi connectivity index (χ4n) is 10.4. The Morgan fingerprint density at radius 2 is 1.67 bits per heavy atom. The van der Waals surface area contributed by atoms with E-state index < -0.39 is 0 Å². The lowest BCUT2D eigenvalue weighted by atomic mass is 9.55. The normalized spacial score (nSPS) is 51.8. The fourth-order valence-corrected chi connectivity index (χ4v) is 10.4. The van der Waals surface area contributed by atoms with Crippen molar-refractivity contribution in [3.05, 3.63) is 23.3 Å². The van der Waals surface area contributed by atoms with Crippen molar-refractivity contribution in [2.45, 2.75) is 98.8 Å². The molecule has 4 fully saturated rings.